The van der Waals surface area contributed by atoms with Crippen molar-refractivity contribution < 1.29 is 14.8 Å². The van der Waals surface area contributed by atoms with Crippen molar-refractivity contribution >= 4 is 11.8 Å². The van der Waals surface area contributed by atoms with Gasteiger partial charge in [-0.3, -0.25) is 4.79 Å². The zero-order chi connectivity index (χ0) is 9.14. The highest BCUT2D eigenvalue weighted by Gasteiger charge is 2.12. The molecule has 0 amide bonds. The molecule has 8 heteroatoms. The Morgan fingerprint density at radius 2 is 2.50 bits per heavy atom. The number of hydrogen-bond acceptors (Lipinski definition) is 5. The van der Waals surface area contributed by atoms with Gasteiger partial charge < -0.3 is 15.2 Å². The van der Waals surface area contributed by atoms with Crippen LogP contribution in [0.25, 0.3) is 0 Å². The molecule has 0 unspecified atom stereocenters. The van der Waals surface area contributed by atoms with Gasteiger partial charge in [0.05, 0.1) is 5.21 Å². The van der Waals surface area contributed by atoms with Crippen LogP contribution < -0.4 is 0 Å². The average Bonchev–Trinajstić information content (AvgIpc) is 2.34. The molecule has 0 aliphatic rings. The Morgan fingerprint density at radius 3 is 2.92 bits per heavy atom. The summed E-state index contributed by atoms with van der Waals surface area (Å²) in [5, 5.41) is 24.6. The Kier molecular flexibility index (Phi) is 1.99. The normalized spacial score (nSPS) is 9.67. The molecule has 0 saturated carbocycles. The minimum atomic E-state index is -1.13. The number of carbonyl (C=O) groups is 1. The number of carboxylic acid groups (broad SMARTS) is 1. The van der Waals surface area contributed by atoms with Gasteiger partial charge in [-0.15, -0.1) is 0 Å². The Morgan fingerprint density at radius 1 is 1.83 bits per heavy atom. The maximum atomic E-state index is 10.1. The Bertz CT molecular complexity index is 319. The highest BCUT2D eigenvalue weighted by atomic mass is 16.6. The van der Waals surface area contributed by atoms with Crippen LogP contribution in [0, 0.1) is 10.1 Å². The minimum Gasteiger partial charge on any atom is -0.480 e. The van der Waals surface area contributed by atoms with Crippen LogP contribution in [0.2, 0.25) is 0 Å². The maximum Gasteiger partial charge on any atom is 0.410 e. The van der Waals surface area contributed by atoms with Crippen LogP contribution in [0.15, 0.2) is 6.20 Å². The first-order valence-electron chi connectivity index (χ1n) is 2.86. The van der Waals surface area contributed by atoms with Gasteiger partial charge in [0.1, 0.15) is 17.8 Å². The van der Waals surface area contributed by atoms with Gasteiger partial charge in [0, 0.05) is 0 Å². The smallest absolute Gasteiger partial charge is 0.410 e. The Hall–Kier alpha value is -1.99. The van der Waals surface area contributed by atoms with Crippen LogP contribution in [-0.2, 0) is 11.3 Å². The second-order valence-electron chi connectivity index (χ2n) is 1.93. The summed E-state index contributed by atoms with van der Waals surface area (Å²) in [6.07, 6.45) is 0.952. The molecule has 0 aliphatic heterocycles. The maximum absolute atomic E-state index is 10.1. The van der Waals surface area contributed by atoms with E-state index in [1.54, 1.807) is 0 Å². The minimum absolute atomic E-state index is 0.430. The summed E-state index contributed by atoms with van der Waals surface area (Å²) in [5.41, 5.74) is 0. The highest BCUT2D eigenvalue weighted by Crippen LogP contribution is 2.02. The van der Waals surface area contributed by atoms with E-state index in [0.717, 1.165) is 10.9 Å². The third kappa shape index (κ3) is 1.75. The van der Waals surface area contributed by atoms with E-state index in [1.807, 2.05) is 0 Å². The first kappa shape index (κ1) is 8.11. The van der Waals surface area contributed by atoms with E-state index in [4.69, 9.17) is 5.11 Å². The number of carboxylic acids is 1. The van der Waals surface area contributed by atoms with E-state index in [2.05, 4.69) is 10.3 Å². The Balaban J connectivity index is 2.77. The predicted octanol–water partition coefficient (Wildman–Crippen LogP) is -0.729. The lowest BCUT2D eigenvalue weighted by molar-refractivity contribution is -0.389. The fourth-order valence-electron chi connectivity index (χ4n) is 0.588. The second-order valence-corrected chi connectivity index (χ2v) is 1.93. The lowest BCUT2D eigenvalue weighted by Gasteiger charge is -1.88. The van der Waals surface area contributed by atoms with Crippen LogP contribution in [0.3, 0.4) is 0 Å². The molecule has 1 rings (SSSR count). The fourth-order valence-corrected chi connectivity index (χ4v) is 0.588. The first-order valence-corrected chi connectivity index (χ1v) is 2.86. The summed E-state index contributed by atoms with van der Waals surface area (Å²) in [4.78, 5) is 19.4. The van der Waals surface area contributed by atoms with Gasteiger partial charge in [-0.1, -0.05) is 0 Å². The van der Waals surface area contributed by atoms with Gasteiger partial charge in [0.25, 0.3) is 0 Å². The molecule has 1 aromatic rings. The molecular formula is C4H4N4O4. The average molecular weight is 172 g/mol. The summed E-state index contributed by atoms with van der Waals surface area (Å²) < 4.78 is 0.875. The molecule has 1 heterocycles. The lowest BCUT2D eigenvalue weighted by atomic mass is 10.6. The molecule has 0 bridgehead atoms. The van der Waals surface area contributed by atoms with Crippen molar-refractivity contribution in [3.05, 3.63) is 16.3 Å². The largest absolute Gasteiger partial charge is 0.480 e. The van der Waals surface area contributed by atoms with E-state index in [9.17, 15) is 14.9 Å². The van der Waals surface area contributed by atoms with Crippen LogP contribution in [0.5, 0.6) is 0 Å². The third-order valence-corrected chi connectivity index (χ3v) is 1.01. The molecule has 0 radical (unpaired) electrons. The van der Waals surface area contributed by atoms with Crippen LogP contribution in [0.1, 0.15) is 0 Å². The molecular weight excluding hydrogens is 168 g/mol. The summed E-state index contributed by atoms with van der Waals surface area (Å²) in [5.74, 6) is -1.59. The van der Waals surface area contributed by atoms with Crippen molar-refractivity contribution in [1.29, 1.82) is 0 Å². The number of hydrogen-bond donors (Lipinski definition) is 1. The van der Waals surface area contributed by atoms with Gasteiger partial charge in [-0.25, -0.2) is 4.68 Å². The van der Waals surface area contributed by atoms with Crippen molar-refractivity contribution in [1.82, 2.24) is 15.0 Å². The van der Waals surface area contributed by atoms with Crippen molar-refractivity contribution in [3.8, 4) is 0 Å². The van der Waals surface area contributed by atoms with Crippen molar-refractivity contribution in [3.63, 3.8) is 0 Å². The molecule has 1 aromatic heterocycles. The molecule has 0 aliphatic carbocycles. The van der Waals surface area contributed by atoms with Crippen LogP contribution >= 0.6 is 0 Å². The number of rotatable bonds is 3. The van der Waals surface area contributed by atoms with E-state index in [0.29, 0.717) is 0 Å². The molecule has 64 valence electrons. The number of aromatic nitrogens is 3. The van der Waals surface area contributed by atoms with Crippen LogP contribution in [0.4, 0.5) is 5.82 Å². The zero-order valence-corrected chi connectivity index (χ0v) is 5.75. The third-order valence-electron chi connectivity index (χ3n) is 1.01. The molecule has 12 heavy (non-hydrogen) atoms. The van der Waals surface area contributed by atoms with Crippen LogP contribution in [-0.4, -0.2) is 31.0 Å². The summed E-state index contributed by atoms with van der Waals surface area (Å²) in [6, 6.07) is 0. The van der Waals surface area contributed by atoms with Gasteiger partial charge in [0.15, 0.2) is 0 Å². The van der Waals surface area contributed by atoms with Gasteiger partial charge in [0.2, 0.25) is 0 Å². The van der Waals surface area contributed by atoms with E-state index in [-0.39, 0.29) is 0 Å². The summed E-state index contributed by atoms with van der Waals surface area (Å²) >= 11 is 0. The molecule has 0 atom stereocenters. The van der Waals surface area contributed by atoms with Crippen molar-refractivity contribution in [2.75, 3.05) is 0 Å². The number of nitro groups is 1. The molecule has 0 spiro atoms. The topological polar surface area (TPSA) is 111 Å². The number of aliphatic carboxylic acids is 1. The van der Waals surface area contributed by atoms with Gasteiger partial charge in [-0.2, -0.15) is 0 Å². The fraction of sp³-hybridized carbons (Fsp3) is 0.250. The zero-order valence-electron chi connectivity index (χ0n) is 5.75. The first-order chi connectivity index (χ1) is 5.59. The SMILES string of the molecule is O=C(O)Cn1cc([N+](=O)[O-])nn1. The van der Waals surface area contributed by atoms with E-state index < -0.39 is 23.3 Å². The van der Waals surface area contributed by atoms with Gasteiger partial charge in [-0.05, 0) is 4.92 Å². The molecule has 0 fully saturated rings. The molecule has 0 saturated heterocycles. The number of nitrogens with zero attached hydrogens (tertiary/aromatic N) is 4. The Labute approximate surface area is 65.6 Å². The molecule has 8 nitrogen and oxygen atoms in total. The second kappa shape index (κ2) is 2.95. The summed E-state index contributed by atoms with van der Waals surface area (Å²) in [6.45, 7) is -0.430. The van der Waals surface area contributed by atoms with Crippen molar-refractivity contribution in [2.45, 2.75) is 6.54 Å². The van der Waals surface area contributed by atoms with E-state index >= 15 is 0 Å². The summed E-state index contributed by atoms with van der Waals surface area (Å²) in [7, 11) is 0. The molecule has 0 aromatic carbocycles. The predicted molar refractivity (Wildman–Crippen MR) is 34.3 cm³/mol. The standard InChI is InChI=1S/C4H4N4O4/c9-4(10)2-7-1-3(5-6-7)8(11)12/h1H,2H2,(H,9,10). The monoisotopic (exact) mass is 172 g/mol. The quantitative estimate of drug-likeness (QED) is 0.475. The van der Waals surface area contributed by atoms with Crippen molar-refractivity contribution in [2.24, 2.45) is 0 Å². The molecule has 1 N–H and O–H groups in total. The lowest BCUT2D eigenvalue weighted by Crippen LogP contribution is -2.08. The highest BCUT2D eigenvalue weighted by molar-refractivity contribution is 5.66. The van der Waals surface area contributed by atoms with Gasteiger partial charge >= 0.3 is 11.8 Å². The van der Waals surface area contributed by atoms with E-state index in [1.165, 1.54) is 0 Å².